The molecular weight excluding hydrogens is 365 g/mol. The molecule has 0 aromatic heterocycles. The molecule has 5 aliphatic carbocycles. The van der Waals surface area contributed by atoms with Crippen molar-refractivity contribution < 1.29 is 22.7 Å². The molecule has 5 aliphatic rings. The van der Waals surface area contributed by atoms with E-state index >= 15 is 0 Å². The standard InChI is InChI=1S/C23H35F3O2/c1-15-3-5-16(6-4-15)17-7-9-18(10-8-17)28-20(27)22-13-11-21(2,12-14-22)19(24)23(22,25)26/h15-19H,3-14H2,1-2H3. The fraction of sp³-hybridized carbons (Fsp3) is 0.957. The first-order chi connectivity index (χ1) is 13.2. The van der Waals surface area contributed by atoms with Crippen LogP contribution in [0.2, 0.25) is 0 Å². The van der Waals surface area contributed by atoms with Crippen molar-refractivity contribution in [3.63, 3.8) is 0 Å². The number of hydrogen-bond donors (Lipinski definition) is 0. The predicted molar refractivity (Wildman–Crippen MR) is 102 cm³/mol. The van der Waals surface area contributed by atoms with Gasteiger partial charge in [0.05, 0.1) is 0 Å². The molecule has 5 saturated carbocycles. The summed E-state index contributed by atoms with van der Waals surface area (Å²) in [6.07, 6.45) is 7.01. The zero-order valence-electron chi connectivity index (χ0n) is 17.3. The first kappa shape index (κ1) is 20.5. The minimum absolute atomic E-state index is 0.0470. The summed E-state index contributed by atoms with van der Waals surface area (Å²) in [5.41, 5.74) is -2.94. The van der Waals surface area contributed by atoms with Gasteiger partial charge in [0.1, 0.15) is 11.5 Å². The molecule has 0 heterocycles. The van der Waals surface area contributed by atoms with Crippen LogP contribution in [0, 0.1) is 28.6 Å². The number of esters is 1. The maximum absolute atomic E-state index is 14.9. The Morgan fingerprint density at radius 2 is 1.36 bits per heavy atom. The first-order valence-electron chi connectivity index (χ1n) is 11.4. The maximum atomic E-state index is 14.9. The second-order valence-corrected chi connectivity index (χ2v) is 10.7. The lowest BCUT2D eigenvalue weighted by Crippen LogP contribution is -2.66. The van der Waals surface area contributed by atoms with Crippen molar-refractivity contribution in [3.05, 3.63) is 0 Å². The number of halogens is 3. The van der Waals surface area contributed by atoms with E-state index in [0.29, 0.717) is 18.8 Å². The van der Waals surface area contributed by atoms with Gasteiger partial charge in [0, 0.05) is 5.41 Å². The number of fused-ring (bicyclic) bond motifs is 3. The summed E-state index contributed by atoms with van der Waals surface area (Å²) in [7, 11) is 0. The summed E-state index contributed by atoms with van der Waals surface area (Å²) in [6, 6.07) is 0. The monoisotopic (exact) mass is 400 g/mol. The van der Waals surface area contributed by atoms with Crippen molar-refractivity contribution in [2.45, 2.75) is 109 Å². The third kappa shape index (κ3) is 3.19. The summed E-state index contributed by atoms with van der Waals surface area (Å²) in [4.78, 5) is 12.9. The first-order valence-corrected chi connectivity index (χ1v) is 11.4. The average Bonchev–Trinajstić information content (AvgIpc) is 2.68. The molecule has 28 heavy (non-hydrogen) atoms. The van der Waals surface area contributed by atoms with Crippen LogP contribution >= 0.6 is 0 Å². The number of carbonyl (C=O) groups excluding carboxylic acids is 1. The number of hydrogen-bond acceptors (Lipinski definition) is 2. The summed E-state index contributed by atoms with van der Waals surface area (Å²) in [6.45, 7) is 3.91. The van der Waals surface area contributed by atoms with Crippen molar-refractivity contribution in [3.8, 4) is 0 Å². The zero-order chi connectivity index (χ0) is 20.2. The fourth-order valence-electron chi connectivity index (χ4n) is 6.55. The number of alkyl halides is 3. The van der Waals surface area contributed by atoms with Crippen molar-refractivity contribution in [2.24, 2.45) is 28.6 Å². The van der Waals surface area contributed by atoms with Crippen molar-refractivity contribution in [2.75, 3.05) is 0 Å². The lowest BCUT2D eigenvalue weighted by atomic mass is 9.51. The number of carbonyl (C=O) groups is 1. The molecule has 160 valence electrons. The van der Waals surface area contributed by atoms with Gasteiger partial charge < -0.3 is 4.74 Å². The van der Waals surface area contributed by atoms with Crippen molar-refractivity contribution >= 4 is 5.97 Å². The van der Waals surface area contributed by atoms with Gasteiger partial charge in [-0.1, -0.05) is 26.7 Å². The molecule has 5 rings (SSSR count). The van der Waals surface area contributed by atoms with Crippen LogP contribution in [0.15, 0.2) is 0 Å². The third-order valence-corrected chi connectivity index (χ3v) is 8.92. The highest BCUT2D eigenvalue weighted by Gasteiger charge is 2.74. The molecule has 0 aromatic rings. The summed E-state index contributed by atoms with van der Waals surface area (Å²) >= 11 is 0. The summed E-state index contributed by atoms with van der Waals surface area (Å²) in [5.74, 6) is -2.16. The van der Waals surface area contributed by atoms with Crippen molar-refractivity contribution in [1.82, 2.24) is 0 Å². The molecule has 0 spiro atoms. The van der Waals surface area contributed by atoms with E-state index in [-0.39, 0.29) is 18.9 Å². The molecule has 1 atom stereocenters. The van der Waals surface area contributed by atoms with Crippen molar-refractivity contribution in [1.29, 1.82) is 0 Å². The molecule has 2 bridgehead atoms. The zero-order valence-corrected chi connectivity index (χ0v) is 17.3. The van der Waals surface area contributed by atoms with E-state index in [1.165, 1.54) is 25.7 Å². The maximum Gasteiger partial charge on any atom is 0.318 e. The fourth-order valence-corrected chi connectivity index (χ4v) is 6.55. The SMILES string of the molecule is CC1CCC(C2CCC(OC(=O)C34CCC(C)(CC3)C(F)C4(F)F)CC2)CC1. The summed E-state index contributed by atoms with van der Waals surface area (Å²) in [5, 5.41) is 0. The van der Waals surface area contributed by atoms with Gasteiger partial charge >= 0.3 is 5.97 Å². The van der Waals surface area contributed by atoms with Gasteiger partial charge in [0.2, 0.25) is 0 Å². The largest absolute Gasteiger partial charge is 0.462 e. The second kappa shape index (κ2) is 7.19. The molecule has 0 radical (unpaired) electrons. The van der Waals surface area contributed by atoms with Crippen LogP contribution in [0.4, 0.5) is 13.2 Å². The minimum Gasteiger partial charge on any atom is -0.462 e. The Labute approximate surface area is 167 Å². The van der Waals surface area contributed by atoms with Gasteiger partial charge in [0.25, 0.3) is 5.92 Å². The van der Waals surface area contributed by atoms with E-state index in [1.54, 1.807) is 6.92 Å². The van der Waals surface area contributed by atoms with Crippen LogP contribution in [0.3, 0.4) is 0 Å². The smallest absolute Gasteiger partial charge is 0.318 e. The highest BCUT2D eigenvalue weighted by Crippen LogP contribution is 2.65. The molecule has 0 aromatic carbocycles. The van der Waals surface area contributed by atoms with Gasteiger partial charge in [-0.25, -0.2) is 13.2 Å². The lowest BCUT2D eigenvalue weighted by molar-refractivity contribution is -0.268. The highest BCUT2D eigenvalue weighted by molar-refractivity contribution is 5.79. The molecule has 0 amide bonds. The third-order valence-electron chi connectivity index (χ3n) is 8.92. The number of rotatable bonds is 3. The van der Waals surface area contributed by atoms with E-state index < -0.39 is 28.9 Å². The van der Waals surface area contributed by atoms with Crippen LogP contribution in [0.5, 0.6) is 0 Å². The molecular formula is C23H35F3O2. The van der Waals surface area contributed by atoms with Crippen LogP contribution in [0.25, 0.3) is 0 Å². The minimum atomic E-state index is -3.62. The quantitative estimate of drug-likeness (QED) is 0.508. The molecule has 0 N–H and O–H groups in total. The van der Waals surface area contributed by atoms with Crippen LogP contribution < -0.4 is 0 Å². The predicted octanol–water partition coefficient (Wildman–Crippen LogP) is 6.47. The van der Waals surface area contributed by atoms with Gasteiger partial charge in [-0.3, -0.25) is 4.79 Å². The van der Waals surface area contributed by atoms with Crippen LogP contribution in [-0.4, -0.2) is 24.2 Å². The van der Waals surface area contributed by atoms with E-state index in [1.807, 2.05) is 0 Å². The van der Waals surface area contributed by atoms with Gasteiger partial charge in [-0.2, -0.15) is 0 Å². The van der Waals surface area contributed by atoms with Gasteiger partial charge in [-0.15, -0.1) is 0 Å². The van der Waals surface area contributed by atoms with E-state index in [9.17, 15) is 18.0 Å². The lowest BCUT2D eigenvalue weighted by Gasteiger charge is -2.56. The second-order valence-electron chi connectivity index (χ2n) is 10.7. The Hall–Kier alpha value is -0.740. The molecule has 0 saturated heterocycles. The van der Waals surface area contributed by atoms with Crippen LogP contribution in [0.1, 0.15) is 90.9 Å². The van der Waals surface area contributed by atoms with E-state index in [0.717, 1.165) is 37.5 Å². The van der Waals surface area contributed by atoms with Crippen LogP contribution in [-0.2, 0) is 9.53 Å². The molecule has 5 heteroatoms. The Kier molecular flexibility index (Phi) is 5.27. The molecule has 5 fully saturated rings. The average molecular weight is 401 g/mol. The Bertz CT molecular complexity index is 581. The van der Waals surface area contributed by atoms with E-state index in [4.69, 9.17) is 4.74 Å². The molecule has 0 aliphatic heterocycles. The number of ether oxygens (including phenoxy) is 1. The molecule has 1 unspecified atom stereocenters. The van der Waals surface area contributed by atoms with Gasteiger partial charge in [0.15, 0.2) is 6.17 Å². The Balaban J connectivity index is 1.35. The van der Waals surface area contributed by atoms with E-state index in [2.05, 4.69) is 6.92 Å². The van der Waals surface area contributed by atoms with Gasteiger partial charge in [-0.05, 0) is 82.0 Å². The molecule has 2 nitrogen and oxygen atoms in total. The topological polar surface area (TPSA) is 26.3 Å². The highest BCUT2D eigenvalue weighted by atomic mass is 19.3. The normalized spacial score (nSPS) is 48.2. The summed E-state index contributed by atoms with van der Waals surface area (Å²) < 4.78 is 49.9. The Morgan fingerprint density at radius 1 is 0.857 bits per heavy atom. The Morgan fingerprint density at radius 3 is 1.89 bits per heavy atom.